The molecule has 1 aromatic heterocycles. The van der Waals surface area contributed by atoms with Crippen LogP contribution in [-0.2, 0) is 16.1 Å². The van der Waals surface area contributed by atoms with Crippen LogP contribution in [0.3, 0.4) is 0 Å². The fraction of sp³-hybridized carbons (Fsp3) is 0.636. The average Bonchev–Trinajstić information content (AvgIpc) is 2.78. The van der Waals surface area contributed by atoms with E-state index in [-0.39, 0.29) is 18.0 Å². The van der Waals surface area contributed by atoms with Crippen LogP contribution in [0.5, 0.6) is 0 Å². The molecular weight excluding hydrogens is 382 g/mol. The number of benzene rings is 1. The third-order valence-electron chi connectivity index (χ3n) is 6.52. The highest BCUT2D eigenvalue weighted by molar-refractivity contribution is 5.78. The van der Waals surface area contributed by atoms with Crippen LogP contribution >= 0.6 is 0 Å². The summed E-state index contributed by atoms with van der Waals surface area (Å²) in [6.07, 6.45) is 6.09. The predicted octanol–water partition coefficient (Wildman–Crippen LogP) is 1.53. The van der Waals surface area contributed by atoms with Gasteiger partial charge in [0.05, 0.1) is 12.0 Å². The highest BCUT2D eigenvalue weighted by Crippen LogP contribution is 2.31. The number of hydrogen-bond acceptors (Lipinski definition) is 6. The van der Waals surface area contributed by atoms with Gasteiger partial charge in [-0.05, 0) is 56.8 Å². The molecule has 0 N–H and O–H groups in total. The molecule has 162 valence electrons. The normalized spacial score (nSPS) is 22.0. The van der Waals surface area contributed by atoms with Crippen molar-refractivity contribution in [1.29, 1.82) is 0 Å². The van der Waals surface area contributed by atoms with Crippen LogP contribution in [0, 0.1) is 5.92 Å². The zero-order chi connectivity index (χ0) is 20.9. The first-order chi connectivity index (χ1) is 14.7. The summed E-state index contributed by atoms with van der Waals surface area (Å²) in [4.78, 5) is 30.4. The van der Waals surface area contributed by atoms with Crippen molar-refractivity contribution in [2.24, 2.45) is 5.92 Å². The number of carbonyl (C=O) groups excluding carboxylic acids is 1. The molecular formula is C22H31N5O3. The molecule has 4 rings (SSSR count). The number of piperidine rings is 2. The maximum absolute atomic E-state index is 13.2. The second-order valence-corrected chi connectivity index (χ2v) is 8.40. The fourth-order valence-corrected chi connectivity index (χ4v) is 4.95. The van der Waals surface area contributed by atoms with Crippen molar-refractivity contribution in [1.82, 2.24) is 24.8 Å². The molecule has 0 spiro atoms. The van der Waals surface area contributed by atoms with Gasteiger partial charge < -0.3 is 14.5 Å². The van der Waals surface area contributed by atoms with E-state index in [9.17, 15) is 9.59 Å². The third-order valence-corrected chi connectivity index (χ3v) is 6.52. The van der Waals surface area contributed by atoms with Crippen LogP contribution in [0.15, 0.2) is 29.1 Å². The van der Waals surface area contributed by atoms with Gasteiger partial charge in [0.15, 0.2) is 0 Å². The van der Waals surface area contributed by atoms with E-state index in [1.165, 1.54) is 43.5 Å². The number of nitrogens with zero attached hydrogens (tertiary/aromatic N) is 5. The molecule has 2 aromatic rings. The molecule has 3 heterocycles. The van der Waals surface area contributed by atoms with Gasteiger partial charge in [-0.2, -0.15) is 0 Å². The zero-order valence-corrected chi connectivity index (χ0v) is 17.7. The summed E-state index contributed by atoms with van der Waals surface area (Å²) < 4.78 is 6.43. The summed E-state index contributed by atoms with van der Waals surface area (Å²) in [6, 6.07) is 7.64. The van der Waals surface area contributed by atoms with Crippen LogP contribution in [-0.4, -0.2) is 76.6 Å². The van der Waals surface area contributed by atoms with E-state index in [1.54, 1.807) is 25.3 Å². The summed E-state index contributed by atoms with van der Waals surface area (Å²) in [7, 11) is 1.64. The van der Waals surface area contributed by atoms with Crippen molar-refractivity contribution in [3.8, 4) is 0 Å². The molecule has 2 saturated heterocycles. The third kappa shape index (κ3) is 4.54. The Balaban J connectivity index is 1.49. The summed E-state index contributed by atoms with van der Waals surface area (Å²) in [5.74, 6) is 0.367. The molecule has 2 atom stereocenters. The highest BCUT2D eigenvalue weighted by atomic mass is 16.5. The Morgan fingerprint density at radius 2 is 2.03 bits per heavy atom. The smallest absolute Gasteiger partial charge is 0.278 e. The van der Waals surface area contributed by atoms with Crippen molar-refractivity contribution >= 4 is 16.8 Å². The minimum atomic E-state index is -0.281. The second-order valence-electron chi connectivity index (χ2n) is 8.40. The van der Waals surface area contributed by atoms with Crippen molar-refractivity contribution in [2.45, 2.75) is 44.7 Å². The molecule has 0 radical (unpaired) electrons. The Morgan fingerprint density at radius 3 is 2.90 bits per heavy atom. The molecule has 30 heavy (non-hydrogen) atoms. The van der Waals surface area contributed by atoms with Crippen LogP contribution in [0.1, 0.15) is 32.1 Å². The van der Waals surface area contributed by atoms with Gasteiger partial charge in [0.25, 0.3) is 5.56 Å². The Bertz CT molecular complexity index is 928. The van der Waals surface area contributed by atoms with Gasteiger partial charge in [-0.15, -0.1) is 5.10 Å². The predicted molar refractivity (Wildman–Crippen MR) is 114 cm³/mol. The lowest BCUT2D eigenvalue weighted by molar-refractivity contribution is -0.134. The van der Waals surface area contributed by atoms with Crippen LogP contribution < -0.4 is 5.56 Å². The number of methoxy groups -OCH3 is 1. The summed E-state index contributed by atoms with van der Waals surface area (Å²) in [5.41, 5.74) is 0.263. The molecule has 0 saturated carbocycles. The summed E-state index contributed by atoms with van der Waals surface area (Å²) >= 11 is 0. The number of hydrogen-bond donors (Lipinski definition) is 0. The molecule has 0 bridgehead atoms. The average molecular weight is 414 g/mol. The molecule has 1 aromatic carbocycles. The Morgan fingerprint density at radius 1 is 1.20 bits per heavy atom. The van der Waals surface area contributed by atoms with Crippen molar-refractivity contribution in [3.05, 3.63) is 34.6 Å². The lowest BCUT2D eigenvalue weighted by Crippen LogP contribution is -2.52. The molecule has 1 amide bonds. The van der Waals surface area contributed by atoms with Gasteiger partial charge in [0, 0.05) is 26.2 Å². The van der Waals surface area contributed by atoms with E-state index in [4.69, 9.17) is 4.74 Å². The molecule has 0 aliphatic carbocycles. The Hall–Kier alpha value is -2.32. The van der Waals surface area contributed by atoms with Gasteiger partial charge in [-0.1, -0.05) is 23.8 Å². The highest BCUT2D eigenvalue weighted by Gasteiger charge is 2.34. The van der Waals surface area contributed by atoms with Crippen LogP contribution in [0.25, 0.3) is 10.9 Å². The van der Waals surface area contributed by atoms with Crippen LogP contribution in [0.4, 0.5) is 0 Å². The monoisotopic (exact) mass is 413 g/mol. The first kappa shape index (κ1) is 20.9. The number of aromatic nitrogens is 3. The zero-order valence-electron chi connectivity index (χ0n) is 17.7. The van der Waals surface area contributed by atoms with E-state index in [2.05, 4.69) is 15.2 Å². The van der Waals surface area contributed by atoms with Crippen molar-refractivity contribution in [3.63, 3.8) is 0 Å². The lowest BCUT2D eigenvalue weighted by Gasteiger charge is -2.45. The van der Waals surface area contributed by atoms with Gasteiger partial charge in [-0.3, -0.25) is 9.59 Å². The minimum Gasteiger partial charge on any atom is -0.383 e. The number of fused-ring (bicyclic) bond motifs is 2. The molecule has 2 fully saturated rings. The van der Waals surface area contributed by atoms with E-state index >= 15 is 0 Å². The SMILES string of the molecule is COCCN(CC1CCCN2CCCCC12)C(=O)Cn1nnc2ccccc2c1=O. The summed E-state index contributed by atoms with van der Waals surface area (Å²) in [5, 5.41) is 8.57. The number of amides is 1. The maximum Gasteiger partial charge on any atom is 0.278 e. The van der Waals surface area contributed by atoms with Gasteiger partial charge >= 0.3 is 0 Å². The Kier molecular flexibility index (Phi) is 6.74. The lowest BCUT2D eigenvalue weighted by atomic mass is 9.83. The number of carbonyl (C=O) groups is 1. The van der Waals surface area contributed by atoms with Gasteiger partial charge in [0.1, 0.15) is 12.1 Å². The van der Waals surface area contributed by atoms with Crippen molar-refractivity contribution < 1.29 is 9.53 Å². The first-order valence-corrected chi connectivity index (χ1v) is 11.0. The molecule has 8 heteroatoms. The molecule has 2 unspecified atom stereocenters. The standard InChI is InChI=1S/C22H31N5O3/c1-30-14-13-26(15-17-7-6-12-25-11-5-4-10-20(17)25)21(28)16-27-22(29)18-8-2-3-9-19(18)23-24-27/h2-3,8-9,17,20H,4-7,10-16H2,1H3. The fourth-order valence-electron chi connectivity index (χ4n) is 4.95. The van der Waals surface area contributed by atoms with E-state index in [0.717, 1.165) is 6.42 Å². The Labute approximate surface area is 176 Å². The molecule has 8 nitrogen and oxygen atoms in total. The summed E-state index contributed by atoms with van der Waals surface area (Å²) in [6.45, 7) is 3.96. The number of rotatable bonds is 7. The van der Waals surface area contributed by atoms with E-state index in [1.807, 2.05) is 11.0 Å². The largest absolute Gasteiger partial charge is 0.383 e. The topological polar surface area (TPSA) is 80.6 Å². The first-order valence-electron chi connectivity index (χ1n) is 11.0. The van der Waals surface area contributed by atoms with E-state index < -0.39 is 0 Å². The van der Waals surface area contributed by atoms with Gasteiger partial charge in [-0.25, -0.2) is 4.68 Å². The van der Waals surface area contributed by atoms with Gasteiger partial charge in [0.2, 0.25) is 5.91 Å². The molecule has 2 aliphatic rings. The van der Waals surface area contributed by atoms with Crippen molar-refractivity contribution in [2.75, 3.05) is 39.9 Å². The molecule has 2 aliphatic heterocycles. The minimum absolute atomic E-state index is 0.0958. The number of ether oxygens (including phenoxy) is 1. The quantitative estimate of drug-likeness (QED) is 0.685. The second kappa shape index (κ2) is 9.66. The van der Waals surface area contributed by atoms with E-state index in [0.29, 0.717) is 42.6 Å². The van der Waals surface area contributed by atoms with Crippen LogP contribution in [0.2, 0.25) is 0 Å². The maximum atomic E-state index is 13.2.